The molecule has 1 heterocycles. The van der Waals surface area contributed by atoms with Crippen molar-refractivity contribution in [1.82, 2.24) is 14.9 Å². The predicted molar refractivity (Wildman–Crippen MR) is 151 cm³/mol. The van der Waals surface area contributed by atoms with Gasteiger partial charge in [0, 0.05) is 23.9 Å². The van der Waals surface area contributed by atoms with Crippen molar-refractivity contribution < 1.29 is 36.6 Å². The number of aliphatic hydroxyl groups is 2. The SMILES string of the molecule is Cc1c(C(=O)NC(CO)c2ccc(S(C)(=O)=O)cc2)nc(C(C)(C)C)n1Cc1cccc(C(O)C2CC2)c1C(F)(F)F. The topological polar surface area (TPSA) is 122 Å². The summed E-state index contributed by atoms with van der Waals surface area (Å²) in [6.07, 6.45) is -3.50. The number of alkyl halides is 3. The highest BCUT2D eigenvalue weighted by Crippen LogP contribution is 2.46. The van der Waals surface area contributed by atoms with Crippen molar-refractivity contribution in [2.45, 2.75) is 75.7 Å². The Kier molecular flexibility index (Phi) is 8.65. The van der Waals surface area contributed by atoms with Crippen molar-refractivity contribution in [3.05, 3.63) is 81.9 Å². The highest BCUT2D eigenvalue weighted by atomic mass is 32.2. The fourth-order valence-corrected chi connectivity index (χ4v) is 5.73. The van der Waals surface area contributed by atoms with Crippen LogP contribution in [-0.2, 0) is 28.0 Å². The standard InChI is InChI=1S/C30H36F3N3O5S/c1-17-25(27(39)34-23(16-37)18-11-13-21(14-12-18)42(5,40)41)35-28(29(2,3)4)36(17)15-20-7-6-8-22(24(20)30(31,32)33)26(38)19-9-10-19/h6-8,11-14,19,23,26,37-38H,9-10,15-16H2,1-5H3,(H,34,39). The van der Waals surface area contributed by atoms with Gasteiger partial charge in [-0.05, 0) is 54.5 Å². The van der Waals surface area contributed by atoms with E-state index in [1.165, 1.54) is 42.5 Å². The molecular formula is C30H36F3N3O5S. The molecule has 4 rings (SSSR count). The third kappa shape index (κ3) is 6.71. The lowest BCUT2D eigenvalue weighted by Gasteiger charge is -2.24. The number of carbonyl (C=O) groups is 1. The van der Waals surface area contributed by atoms with E-state index in [4.69, 9.17) is 0 Å². The number of carbonyl (C=O) groups excluding carboxylic acids is 1. The van der Waals surface area contributed by atoms with E-state index in [1.54, 1.807) is 11.5 Å². The molecule has 1 aliphatic carbocycles. The van der Waals surface area contributed by atoms with Gasteiger partial charge < -0.3 is 20.1 Å². The lowest BCUT2D eigenvalue weighted by Crippen LogP contribution is -2.31. The minimum absolute atomic E-state index is 0.00569. The van der Waals surface area contributed by atoms with Gasteiger partial charge in [0.15, 0.2) is 9.84 Å². The first-order valence-electron chi connectivity index (χ1n) is 13.6. The van der Waals surface area contributed by atoms with E-state index in [2.05, 4.69) is 10.3 Å². The number of imidazole rings is 1. The summed E-state index contributed by atoms with van der Waals surface area (Å²) in [5.74, 6) is -0.444. The van der Waals surface area contributed by atoms with Crippen LogP contribution in [0, 0.1) is 12.8 Å². The second kappa shape index (κ2) is 11.5. The first kappa shape index (κ1) is 31.7. The minimum Gasteiger partial charge on any atom is -0.394 e. The summed E-state index contributed by atoms with van der Waals surface area (Å²) in [6, 6.07) is 9.05. The second-order valence-corrected chi connectivity index (χ2v) is 13.9. The molecule has 1 fully saturated rings. The molecule has 8 nitrogen and oxygen atoms in total. The molecule has 1 aromatic heterocycles. The number of sulfone groups is 1. The number of rotatable bonds is 9. The smallest absolute Gasteiger partial charge is 0.394 e. The molecule has 1 saturated carbocycles. The highest BCUT2D eigenvalue weighted by molar-refractivity contribution is 7.90. The molecule has 0 aliphatic heterocycles. The number of hydrogen-bond donors (Lipinski definition) is 3. The van der Waals surface area contributed by atoms with Crippen molar-refractivity contribution in [3.63, 3.8) is 0 Å². The fourth-order valence-electron chi connectivity index (χ4n) is 5.10. The summed E-state index contributed by atoms with van der Waals surface area (Å²) < 4.78 is 68.4. The van der Waals surface area contributed by atoms with Gasteiger partial charge in [-0.25, -0.2) is 13.4 Å². The Hall–Kier alpha value is -3.22. The summed E-state index contributed by atoms with van der Waals surface area (Å²) >= 11 is 0. The van der Waals surface area contributed by atoms with E-state index in [-0.39, 0.29) is 34.2 Å². The number of hydrogen-bond acceptors (Lipinski definition) is 6. The molecule has 2 unspecified atom stereocenters. The number of aromatic nitrogens is 2. The molecule has 42 heavy (non-hydrogen) atoms. The van der Waals surface area contributed by atoms with Crippen LogP contribution in [0.25, 0.3) is 0 Å². The average Bonchev–Trinajstić information content (AvgIpc) is 3.69. The molecule has 2 aromatic carbocycles. The lowest BCUT2D eigenvalue weighted by atomic mass is 9.93. The number of nitrogens with zero attached hydrogens (tertiary/aromatic N) is 2. The van der Waals surface area contributed by atoms with Crippen LogP contribution in [0.3, 0.4) is 0 Å². The maximum atomic E-state index is 14.4. The molecule has 12 heteroatoms. The van der Waals surface area contributed by atoms with Crippen LogP contribution in [0.1, 0.15) is 90.0 Å². The summed E-state index contributed by atoms with van der Waals surface area (Å²) in [6.45, 7) is 6.40. The Balaban J connectivity index is 1.71. The summed E-state index contributed by atoms with van der Waals surface area (Å²) in [5.41, 5.74) is -0.921. The fraction of sp³-hybridized carbons (Fsp3) is 0.467. The number of amides is 1. The Bertz CT molecular complexity index is 1570. The normalized spacial score (nSPS) is 15.9. The van der Waals surface area contributed by atoms with Gasteiger partial charge in [0.25, 0.3) is 5.91 Å². The molecule has 3 N–H and O–H groups in total. The Morgan fingerprint density at radius 2 is 1.74 bits per heavy atom. The van der Waals surface area contributed by atoms with Crippen LogP contribution >= 0.6 is 0 Å². The van der Waals surface area contributed by atoms with Crippen molar-refractivity contribution >= 4 is 15.7 Å². The van der Waals surface area contributed by atoms with Crippen LogP contribution in [0.2, 0.25) is 0 Å². The quantitative estimate of drug-likeness (QED) is 0.319. The summed E-state index contributed by atoms with van der Waals surface area (Å²) in [4.78, 5) is 18.1. The Morgan fingerprint density at radius 3 is 2.24 bits per heavy atom. The number of aliphatic hydroxyl groups excluding tert-OH is 2. The molecule has 228 valence electrons. The maximum absolute atomic E-state index is 14.4. The van der Waals surface area contributed by atoms with Crippen molar-refractivity contribution in [1.29, 1.82) is 0 Å². The van der Waals surface area contributed by atoms with Gasteiger partial charge in [0.2, 0.25) is 0 Å². The first-order chi connectivity index (χ1) is 19.4. The van der Waals surface area contributed by atoms with Gasteiger partial charge in [-0.15, -0.1) is 0 Å². The molecule has 0 bridgehead atoms. The molecule has 1 aliphatic rings. The molecule has 3 aromatic rings. The molecule has 0 spiro atoms. The number of nitrogens with one attached hydrogen (secondary N) is 1. The van der Waals surface area contributed by atoms with Crippen LogP contribution in [0.15, 0.2) is 47.4 Å². The summed E-state index contributed by atoms with van der Waals surface area (Å²) in [5, 5.41) is 23.3. The van der Waals surface area contributed by atoms with Gasteiger partial charge >= 0.3 is 6.18 Å². The van der Waals surface area contributed by atoms with Crippen molar-refractivity contribution in [2.75, 3.05) is 12.9 Å². The average molecular weight is 608 g/mol. The van der Waals surface area contributed by atoms with Crippen molar-refractivity contribution in [3.8, 4) is 0 Å². The molecular weight excluding hydrogens is 571 g/mol. The van der Waals surface area contributed by atoms with Gasteiger partial charge in [-0.3, -0.25) is 4.79 Å². The Morgan fingerprint density at radius 1 is 1.12 bits per heavy atom. The van der Waals surface area contributed by atoms with Crippen LogP contribution < -0.4 is 5.32 Å². The predicted octanol–water partition coefficient (Wildman–Crippen LogP) is 4.87. The van der Waals surface area contributed by atoms with Crippen LogP contribution in [-0.4, -0.2) is 47.0 Å². The van der Waals surface area contributed by atoms with Gasteiger partial charge in [0.05, 0.1) is 29.2 Å². The first-order valence-corrected chi connectivity index (χ1v) is 15.5. The van der Waals surface area contributed by atoms with E-state index >= 15 is 0 Å². The van der Waals surface area contributed by atoms with E-state index in [0.717, 1.165) is 6.26 Å². The lowest BCUT2D eigenvalue weighted by molar-refractivity contribution is -0.140. The third-order valence-corrected chi connectivity index (χ3v) is 8.62. The largest absolute Gasteiger partial charge is 0.417 e. The van der Waals surface area contributed by atoms with Gasteiger partial charge in [0.1, 0.15) is 11.5 Å². The zero-order valence-corrected chi connectivity index (χ0v) is 25.0. The highest BCUT2D eigenvalue weighted by Gasteiger charge is 2.41. The third-order valence-electron chi connectivity index (χ3n) is 7.49. The zero-order valence-electron chi connectivity index (χ0n) is 24.2. The van der Waals surface area contributed by atoms with E-state index in [0.29, 0.717) is 29.9 Å². The summed E-state index contributed by atoms with van der Waals surface area (Å²) in [7, 11) is -3.43. The monoisotopic (exact) mass is 607 g/mol. The minimum atomic E-state index is -4.71. The molecule has 1 amide bonds. The van der Waals surface area contributed by atoms with E-state index < -0.39 is 51.7 Å². The molecule has 0 radical (unpaired) electrons. The number of halogens is 3. The van der Waals surface area contributed by atoms with Gasteiger partial charge in [-0.1, -0.05) is 51.1 Å². The molecule has 0 saturated heterocycles. The van der Waals surface area contributed by atoms with Crippen LogP contribution in [0.4, 0.5) is 13.2 Å². The van der Waals surface area contributed by atoms with E-state index in [1.807, 2.05) is 20.8 Å². The van der Waals surface area contributed by atoms with Crippen molar-refractivity contribution in [2.24, 2.45) is 5.92 Å². The maximum Gasteiger partial charge on any atom is 0.417 e. The van der Waals surface area contributed by atoms with Gasteiger partial charge in [-0.2, -0.15) is 13.2 Å². The van der Waals surface area contributed by atoms with Crippen LogP contribution in [0.5, 0.6) is 0 Å². The molecule has 2 atom stereocenters. The zero-order chi connectivity index (χ0) is 31.2. The van der Waals surface area contributed by atoms with E-state index in [9.17, 15) is 36.6 Å². The number of benzene rings is 2. The Labute approximate surface area is 243 Å². The second-order valence-electron chi connectivity index (χ2n) is 11.9.